The number of hydrogen-bond acceptors (Lipinski definition) is 8. The summed E-state index contributed by atoms with van der Waals surface area (Å²) >= 11 is 0. The topological polar surface area (TPSA) is 80.3 Å². The van der Waals surface area contributed by atoms with Crippen molar-refractivity contribution in [2.45, 2.75) is 19.8 Å². The number of piperazine rings is 1. The zero-order chi connectivity index (χ0) is 22.7. The largest absolute Gasteiger partial charge is 0.493 e. The lowest BCUT2D eigenvalue weighted by atomic mass is 10.1. The van der Waals surface area contributed by atoms with Crippen LogP contribution in [-0.2, 0) is 0 Å². The van der Waals surface area contributed by atoms with Gasteiger partial charge in [-0.3, -0.25) is 4.79 Å². The lowest BCUT2D eigenvalue weighted by Gasteiger charge is -2.36. The number of carbonyl (C=O) groups is 1. The van der Waals surface area contributed by atoms with Crippen LogP contribution in [0.3, 0.4) is 0 Å². The number of benzene rings is 1. The van der Waals surface area contributed by atoms with Gasteiger partial charge in [0.05, 0.1) is 21.3 Å². The van der Waals surface area contributed by atoms with E-state index in [-0.39, 0.29) is 5.91 Å². The second-order valence-corrected chi connectivity index (χ2v) is 8.02. The molecule has 2 saturated heterocycles. The first-order chi connectivity index (χ1) is 15.5. The second kappa shape index (κ2) is 9.50. The predicted molar refractivity (Wildman–Crippen MR) is 122 cm³/mol. The lowest BCUT2D eigenvalue weighted by molar-refractivity contribution is 0.0745. The molecule has 0 saturated carbocycles. The quantitative estimate of drug-likeness (QED) is 0.676. The van der Waals surface area contributed by atoms with Gasteiger partial charge >= 0.3 is 0 Å². The minimum absolute atomic E-state index is 0.0551. The molecule has 2 fully saturated rings. The third-order valence-electron chi connectivity index (χ3n) is 6.04. The van der Waals surface area contributed by atoms with Gasteiger partial charge < -0.3 is 28.9 Å². The summed E-state index contributed by atoms with van der Waals surface area (Å²) in [5.74, 6) is 4.07. The Morgan fingerprint density at radius 2 is 1.31 bits per heavy atom. The molecule has 0 unspecified atom stereocenters. The average molecular weight is 442 g/mol. The van der Waals surface area contributed by atoms with E-state index in [1.54, 1.807) is 33.5 Å². The van der Waals surface area contributed by atoms with E-state index in [0.717, 1.165) is 30.5 Å². The van der Waals surface area contributed by atoms with E-state index in [1.807, 2.05) is 11.8 Å². The Labute approximate surface area is 188 Å². The predicted octanol–water partition coefficient (Wildman–Crippen LogP) is 2.37. The molecule has 1 amide bonds. The van der Waals surface area contributed by atoms with Gasteiger partial charge in [-0.15, -0.1) is 0 Å². The minimum Gasteiger partial charge on any atom is -0.493 e. The first kappa shape index (κ1) is 22.0. The summed E-state index contributed by atoms with van der Waals surface area (Å²) in [5, 5.41) is 0. The Balaban J connectivity index is 1.47. The zero-order valence-corrected chi connectivity index (χ0v) is 19.3. The van der Waals surface area contributed by atoms with Gasteiger partial charge in [-0.25, -0.2) is 9.97 Å². The van der Waals surface area contributed by atoms with Crippen LogP contribution in [0.15, 0.2) is 18.2 Å². The molecule has 1 aromatic carbocycles. The van der Waals surface area contributed by atoms with Crippen LogP contribution in [0.1, 0.15) is 29.0 Å². The number of carbonyl (C=O) groups excluding carboxylic acids is 1. The summed E-state index contributed by atoms with van der Waals surface area (Å²) in [6.45, 7) is 6.68. The van der Waals surface area contributed by atoms with E-state index in [9.17, 15) is 4.79 Å². The number of ether oxygens (including phenoxy) is 3. The van der Waals surface area contributed by atoms with Gasteiger partial charge in [-0.2, -0.15) is 0 Å². The molecule has 9 nitrogen and oxygen atoms in total. The molecule has 32 heavy (non-hydrogen) atoms. The van der Waals surface area contributed by atoms with Crippen LogP contribution in [0.4, 0.5) is 11.6 Å². The van der Waals surface area contributed by atoms with Crippen molar-refractivity contribution in [3.63, 3.8) is 0 Å². The highest BCUT2D eigenvalue weighted by atomic mass is 16.5. The first-order valence-corrected chi connectivity index (χ1v) is 11.0. The number of aromatic nitrogens is 2. The monoisotopic (exact) mass is 441 g/mol. The fraction of sp³-hybridized carbons (Fsp3) is 0.522. The Morgan fingerprint density at radius 3 is 1.81 bits per heavy atom. The van der Waals surface area contributed by atoms with Crippen molar-refractivity contribution >= 4 is 17.5 Å². The molecule has 0 aliphatic carbocycles. The molecule has 2 aromatic rings. The molecular weight excluding hydrogens is 410 g/mol. The smallest absolute Gasteiger partial charge is 0.254 e. The van der Waals surface area contributed by atoms with Gasteiger partial charge in [0.25, 0.3) is 5.91 Å². The van der Waals surface area contributed by atoms with E-state index >= 15 is 0 Å². The SMILES string of the molecule is COc1cc(C(=O)N2CCN(c3cc(N4CCCC4)nc(C)n3)CC2)cc(OC)c1OC. The van der Waals surface area contributed by atoms with Gasteiger partial charge in [0.2, 0.25) is 5.75 Å². The van der Waals surface area contributed by atoms with Crippen LogP contribution < -0.4 is 24.0 Å². The van der Waals surface area contributed by atoms with E-state index in [4.69, 9.17) is 14.2 Å². The third-order valence-corrected chi connectivity index (χ3v) is 6.04. The summed E-state index contributed by atoms with van der Waals surface area (Å²) in [5.41, 5.74) is 0.516. The summed E-state index contributed by atoms with van der Waals surface area (Å²) < 4.78 is 16.1. The minimum atomic E-state index is -0.0551. The Morgan fingerprint density at radius 1 is 0.781 bits per heavy atom. The molecule has 3 heterocycles. The van der Waals surface area contributed by atoms with Crippen molar-refractivity contribution in [2.24, 2.45) is 0 Å². The van der Waals surface area contributed by atoms with Crippen LogP contribution in [0.2, 0.25) is 0 Å². The van der Waals surface area contributed by atoms with E-state index in [1.165, 1.54) is 12.8 Å². The molecule has 0 radical (unpaired) electrons. The number of hydrogen-bond donors (Lipinski definition) is 0. The summed E-state index contributed by atoms with van der Waals surface area (Å²) in [7, 11) is 4.64. The van der Waals surface area contributed by atoms with Gasteiger partial charge in [0.1, 0.15) is 17.5 Å². The number of aryl methyl sites for hydroxylation is 1. The number of nitrogens with zero attached hydrogens (tertiary/aromatic N) is 5. The van der Waals surface area contributed by atoms with Crippen LogP contribution in [0.5, 0.6) is 17.2 Å². The first-order valence-electron chi connectivity index (χ1n) is 11.0. The Bertz CT molecular complexity index is 944. The van der Waals surface area contributed by atoms with Crippen molar-refractivity contribution in [1.29, 1.82) is 0 Å². The lowest BCUT2D eigenvalue weighted by Crippen LogP contribution is -2.49. The van der Waals surface area contributed by atoms with Gasteiger partial charge in [-0.1, -0.05) is 0 Å². The average Bonchev–Trinajstić information content (AvgIpc) is 3.37. The van der Waals surface area contributed by atoms with Crippen LogP contribution in [0, 0.1) is 6.92 Å². The molecule has 2 aliphatic rings. The number of anilines is 2. The second-order valence-electron chi connectivity index (χ2n) is 8.02. The van der Waals surface area contributed by atoms with Crippen molar-refractivity contribution in [3.05, 3.63) is 29.6 Å². The molecule has 2 aliphatic heterocycles. The highest BCUT2D eigenvalue weighted by Gasteiger charge is 2.26. The van der Waals surface area contributed by atoms with E-state index in [0.29, 0.717) is 49.0 Å². The van der Waals surface area contributed by atoms with Crippen molar-refractivity contribution in [2.75, 3.05) is 70.4 Å². The maximum atomic E-state index is 13.2. The highest BCUT2D eigenvalue weighted by molar-refractivity contribution is 5.95. The highest BCUT2D eigenvalue weighted by Crippen LogP contribution is 2.38. The summed E-state index contributed by atoms with van der Waals surface area (Å²) in [6, 6.07) is 5.48. The van der Waals surface area contributed by atoms with Crippen LogP contribution in [-0.4, -0.2) is 81.4 Å². The third kappa shape index (κ3) is 4.37. The van der Waals surface area contributed by atoms with Crippen molar-refractivity contribution in [3.8, 4) is 17.2 Å². The molecule has 172 valence electrons. The maximum absolute atomic E-state index is 13.2. The molecular formula is C23H31N5O4. The number of methoxy groups -OCH3 is 3. The summed E-state index contributed by atoms with van der Waals surface area (Å²) in [6.07, 6.45) is 2.42. The molecule has 9 heteroatoms. The van der Waals surface area contributed by atoms with Crippen LogP contribution >= 0.6 is 0 Å². The van der Waals surface area contributed by atoms with Crippen molar-refractivity contribution in [1.82, 2.24) is 14.9 Å². The van der Waals surface area contributed by atoms with Gasteiger partial charge in [0, 0.05) is 50.9 Å². The van der Waals surface area contributed by atoms with E-state index < -0.39 is 0 Å². The van der Waals surface area contributed by atoms with Crippen molar-refractivity contribution < 1.29 is 19.0 Å². The van der Waals surface area contributed by atoms with Gasteiger partial charge in [-0.05, 0) is 31.9 Å². The zero-order valence-electron chi connectivity index (χ0n) is 19.3. The normalized spacial score (nSPS) is 16.3. The fourth-order valence-corrected chi connectivity index (χ4v) is 4.33. The number of amides is 1. The molecule has 0 spiro atoms. The molecule has 0 N–H and O–H groups in total. The molecule has 0 atom stereocenters. The molecule has 1 aromatic heterocycles. The molecule has 0 bridgehead atoms. The summed E-state index contributed by atoms with van der Waals surface area (Å²) in [4.78, 5) is 28.9. The van der Waals surface area contributed by atoms with E-state index in [2.05, 4.69) is 25.8 Å². The standard InChI is InChI=1S/C23H31N5O4/c1-16-24-20(26-7-5-6-8-26)15-21(25-16)27-9-11-28(12-10-27)23(29)17-13-18(30-2)22(32-4)19(14-17)31-3/h13-15H,5-12H2,1-4H3. The van der Waals surface area contributed by atoms with Gasteiger partial charge in [0.15, 0.2) is 11.5 Å². The van der Waals surface area contributed by atoms with Crippen LogP contribution in [0.25, 0.3) is 0 Å². The Kier molecular flexibility index (Phi) is 6.53. The maximum Gasteiger partial charge on any atom is 0.254 e. The number of rotatable bonds is 6. The fourth-order valence-electron chi connectivity index (χ4n) is 4.33. The molecule has 4 rings (SSSR count). The Hall–Kier alpha value is -3.23.